The number of amides is 1. The second kappa shape index (κ2) is 5.00. The summed E-state index contributed by atoms with van der Waals surface area (Å²) in [5, 5.41) is 11.5. The summed E-state index contributed by atoms with van der Waals surface area (Å²) in [7, 11) is 0. The summed E-state index contributed by atoms with van der Waals surface area (Å²) >= 11 is 0. The van der Waals surface area contributed by atoms with Crippen LogP contribution in [-0.2, 0) is 11.0 Å². The van der Waals surface area contributed by atoms with E-state index >= 15 is 0 Å². The van der Waals surface area contributed by atoms with Gasteiger partial charge >= 0.3 is 6.18 Å². The zero-order chi connectivity index (χ0) is 13.1. The normalized spacial score (nSPS) is 13.2. The molecule has 1 rings (SSSR count). The fraction of sp³-hybridized carbons (Fsp3) is 0.333. The van der Waals surface area contributed by atoms with Crippen LogP contribution in [0.25, 0.3) is 0 Å². The van der Waals surface area contributed by atoms with E-state index in [0.717, 1.165) is 12.1 Å². The van der Waals surface area contributed by atoms with E-state index < -0.39 is 23.8 Å². The van der Waals surface area contributed by atoms with Crippen molar-refractivity contribution in [2.45, 2.75) is 12.3 Å². The van der Waals surface area contributed by atoms with Crippen LogP contribution in [0.15, 0.2) is 18.3 Å². The van der Waals surface area contributed by atoms with Gasteiger partial charge in [0.1, 0.15) is 11.9 Å². The zero-order valence-electron chi connectivity index (χ0n) is 8.53. The lowest BCUT2D eigenvalue weighted by atomic mass is 10.2. The van der Waals surface area contributed by atoms with Gasteiger partial charge in [0.25, 0.3) is 0 Å². The van der Waals surface area contributed by atoms with E-state index in [0.29, 0.717) is 6.20 Å². The lowest BCUT2D eigenvalue weighted by Crippen LogP contribution is -2.34. The maximum atomic E-state index is 12.2. The first-order chi connectivity index (χ1) is 7.80. The second-order valence-electron chi connectivity index (χ2n) is 3.23. The van der Waals surface area contributed by atoms with E-state index in [1.54, 1.807) is 0 Å². The van der Waals surface area contributed by atoms with Crippen LogP contribution in [0.4, 0.5) is 19.0 Å². The van der Waals surface area contributed by atoms with Crippen LogP contribution >= 0.6 is 0 Å². The van der Waals surface area contributed by atoms with E-state index in [-0.39, 0.29) is 12.4 Å². The number of halogens is 3. The number of aliphatic hydroxyl groups is 1. The smallest absolute Gasteiger partial charge is 0.381 e. The standard InChI is InChI=1S/C9H10F3N3O2/c10-9(11,12)5-1-2-7(14-3-5)15-4-6(16)8(13)17/h1-3,6,16H,4H2,(H2,13,17)(H,14,15)/t6-/m0/s1. The third-order valence-electron chi connectivity index (χ3n) is 1.90. The Bertz CT molecular complexity index is 391. The molecule has 0 radical (unpaired) electrons. The van der Waals surface area contributed by atoms with E-state index in [1.165, 1.54) is 0 Å². The Labute approximate surface area is 94.5 Å². The molecule has 0 unspecified atom stereocenters. The van der Waals surface area contributed by atoms with Crippen molar-refractivity contribution < 1.29 is 23.1 Å². The average Bonchev–Trinajstić information content (AvgIpc) is 2.25. The Morgan fingerprint density at radius 3 is 2.59 bits per heavy atom. The molecule has 0 aliphatic heterocycles. The summed E-state index contributed by atoms with van der Waals surface area (Å²) in [5.74, 6) is -0.817. The molecule has 5 nitrogen and oxygen atoms in total. The number of nitrogens with zero attached hydrogens (tertiary/aromatic N) is 1. The molecule has 0 fully saturated rings. The molecule has 1 atom stereocenters. The van der Waals surface area contributed by atoms with Crippen molar-refractivity contribution in [3.8, 4) is 0 Å². The minimum Gasteiger partial charge on any atom is -0.381 e. The highest BCUT2D eigenvalue weighted by Crippen LogP contribution is 2.28. The first-order valence-corrected chi connectivity index (χ1v) is 4.55. The molecule has 0 spiro atoms. The summed E-state index contributed by atoms with van der Waals surface area (Å²) in [5.41, 5.74) is 3.91. The molecule has 1 aromatic rings. The number of anilines is 1. The molecule has 0 bridgehead atoms. The number of carbonyl (C=O) groups excluding carboxylic acids is 1. The maximum Gasteiger partial charge on any atom is 0.417 e. The van der Waals surface area contributed by atoms with Crippen molar-refractivity contribution >= 4 is 11.7 Å². The number of hydrogen-bond acceptors (Lipinski definition) is 4. The quantitative estimate of drug-likeness (QED) is 0.718. The van der Waals surface area contributed by atoms with E-state index in [2.05, 4.69) is 10.3 Å². The molecule has 17 heavy (non-hydrogen) atoms. The molecule has 1 heterocycles. The number of carbonyl (C=O) groups is 1. The predicted octanol–water partition coefficient (Wildman–Crippen LogP) is 0.358. The number of primary amides is 1. The third-order valence-corrected chi connectivity index (χ3v) is 1.90. The molecule has 0 saturated heterocycles. The highest BCUT2D eigenvalue weighted by atomic mass is 19.4. The summed E-state index contributed by atoms with van der Waals surface area (Å²) in [4.78, 5) is 14.0. The Balaban J connectivity index is 2.60. The first-order valence-electron chi connectivity index (χ1n) is 4.55. The number of aromatic nitrogens is 1. The predicted molar refractivity (Wildman–Crippen MR) is 52.9 cm³/mol. The summed E-state index contributed by atoms with van der Waals surface area (Å²) in [6, 6.07) is 1.93. The monoisotopic (exact) mass is 249 g/mol. The van der Waals surface area contributed by atoms with Gasteiger partial charge in [0.2, 0.25) is 5.91 Å². The first kappa shape index (κ1) is 13.2. The number of pyridine rings is 1. The Kier molecular flexibility index (Phi) is 3.89. The number of rotatable bonds is 4. The lowest BCUT2D eigenvalue weighted by Gasteiger charge is -2.10. The summed E-state index contributed by atoms with van der Waals surface area (Å²) in [6.45, 7) is -0.215. The van der Waals surface area contributed by atoms with Crippen molar-refractivity contribution in [1.29, 1.82) is 0 Å². The number of nitrogens with two attached hydrogens (primary N) is 1. The largest absolute Gasteiger partial charge is 0.417 e. The molecular weight excluding hydrogens is 239 g/mol. The highest BCUT2D eigenvalue weighted by Gasteiger charge is 2.30. The average molecular weight is 249 g/mol. The molecule has 1 amide bonds. The van der Waals surface area contributed by atoms with Gasteiger partial charge < -0.3 is 16.2 Å². The molecule has 0 aliphatic carbocycles. The van der Waals surface area contributed by atoms with Crippen LogP contribution in [-0.4, -0.2) is 28.6 Å². The topological polar surface area (TPSA) is 88.2 Å². The van der Waals surface area contributed by atoms with Crippen molar-refractivity contribution in [2.24, 2.45) is 5.73 Å². The van der Waals surface area contributed by atoms with Gasteiger partial charge in [-0.15, -0.1) is 0 Å². The van der Waals surface area contributed by atoms with E-state index in [4.69, 9.17) is 10.8 Å². The van der Waals surface area contributed by atoms with E-state index in [1.807, 2.05) is 0 Å². The minimum atomic E-state index is -4.45. The van der Waals surface area contributed by atoms with Gasteiger partial charge in [-0.05, 0) is 12.1 Å². The summed E-state index contributed by atoms with van der Waals surface area (Å²) < 4.78 is 36.5. The number of aliphatic hydroxyl groups excluding tert-OH is 1. The van der Waals surface area contributed by atoms with Crippen LogP contribution in [0.3, 0.4) is 0 Å². The van der Waals surface area contributed by atoms with Gasteiger partial charge in [0.05, 0.1) is 12.1 Å². The number of alkyl halides is 3. The maximum absolute atomic E-state index is 12.2. The summed E-state index contributed by atoms with van der Waals surface area (Å²) in [6.07, 6.45) is -5.21. The zero-order valence-corrected chi connectivity index (χ0v) is 8.53. The Morgan fingerprint density at radius 2 is 2.18 bits per heavy atom. The Morgan fingerprint density at radius 1 is 1.53 bits per heavy atom. The van der Waals surface area contributed by atoms with Crippen LogP contribution in [0.2, 0.25) is 0 Å². The van der Waals surface area contributed by atoms with Crippen molar-refractivity contribution in [2.75, 3.05) is 11.9 Å². The molecule has 1 aromatic heterocycles. The van der Waals surface area contributed by atoms with Gasteiger partial charge in [-0.3, -0.25) is 4.79 Å². The lowest BCUT2D eigenvalue weighted by molar-refractivity contribution is -0.137. The van der Waals surface area contributed by atoms with Gasteiger partial charge in [-0.25, -0.2) is 4.98 Å². The van der Waals surface area contributed by atoms with E-state index in [9.17, 15) is 18.0 Å². The minimum absolute atomic E-state index is 0.110. The van der Waals surface area contributed by atoms with Gasteiger partial charge in [-0.1, -0.05) is 0 Å². The van der Waals surface area contributed by atoms with Crippen LogP contribution in [0, 0.1) is 0 Å². The molecule has 94 valence electrons. The fourth-order valence-corrected chi connectivity index (χ4v) is 0.968. The molecule has 4 N–H and O–H groups in total. The van der Waals surface area contributed by atoms with Crippen molar-refractivity contribution in [3.05, 3.63) is 23.9 Å². The molecule has 0 aromatic carbocycles. The van der Waals surface area contributed by atoms with Crippen LogP contribution < -0.4 is 11.1 Å². The number of nitrogens with one attached hydrogen (secondary N) is 1. The molecule has 8 heteroatoms. The van der Waals surface area contributed by atoms with Crippen molar-refractivity contribution in [1.82, 2.24) is 4.98 Å². The molecular formula is C9H10F3N3O2. The number of hydrogen-bond donors (Lipinski definition) is 3. The highest BCUT2D eigenvalue weighted by molar-refractivity contribution is 5.79. The second-order valence-corrected chi connectivity index (χ2v) is 3.23. The van der Waals surface area contributed by atoms with Crippen molar-refractivity contribution in [3.63, 3.8) is 0 Å². The fourth-order valence-electron chi connectivity index (χ4n) is 0.968. The van der Waals surface area contributed by atoms with Gasteiger partial charge in [0, 0.05) is 6.20 Å². The SMILES string of the molecule is NC(=O)[C@@H](O)CNc1ccc(C(F)(F)F)cn1. The third kappa shape index (κ3) is 3.91. The van der Waals surface area contributed by atoms with Crippen LogP contribution in [0.1, 0.15) is 5.56 Å². The molecule has 0 saturated carbocycles. The van der Waals surface area contributed by atoms with Gasteiger partial charge in [-0.2, -0.15) is 13.2 Å². The van der Waals surface area contributed by atoms with Crippen LogP contribution in [0.5, 0.6) is 0 Å². The molecule has 0 aliphatic rings. The Hall–Kier alpha value is -1.83. The van der Waals surface area contributed by atoms with Gasteiger partial charge in [0.15, 0.2) is 0 Å².